The molecule has 0 bridgehead atoms. The molecule has 0 fully saturated rings. The average molecular weight is 278 g/mol. The quantitative estimate of drug-likeness (QED) is 0.885. The zero-order valence-corrected chi connectivity index (χ0v) is 11.3. The van der Waals surface area contributed by atoms with Gasteiger partial charge < -0.3 is 10.8 Å². The number of fused-ring (bicyclic) bond motifs is 1. The smallest absolute Gasteiger partial charge is 0.337 e. The average Bonchev–Trinajstić information content (AvgIpc) is 2.47. The van der Waals surface area contributed by atoms with Gasteiger partial charge in [0, 0.05) is 17.5 Å². The van der Waals surface area contributed by atoms with E-state index in [2.05, 4.69) is 4.98 Å². The summed E-state index contributed by atoms with van der Waals surface area (Å²) in [5, 5.41) is 10.1. The third-order valence-corrected chi connectivity index (χ3v) is 3.39. The van der Waals surface area contributed by atoms with E-state index in [1.54, 1.807) is 6.08 Å². The van der Waals surface area contributed by atoms with Crippen molar-refractivity contribution in [3.05, 3.63) is 71.1 Å². The second-order valence-electron chi connectivity index (χ2n) is 4.90. The Bertz CT molecular complexity index is 816. The minimum atomic E-state index is -0.994. The van der Waals surface area contributed by atoms with Gasteiger partial charge in [0.25, 0.3) is 0 Å². The van der Waals surface area contributed by atoms with Crippen LogP contribution in [-0.2, 0) is 4.79 Å². The SMILES string of the molecule is NC1=C(C(=O)O)C=CC(=Cc2ccc3ccccc3n2)C1. The van der Waals surface area contributed by atoms with Gasteiger partial charge in [-0.05, 0) is 29.9 Å². The number of aromatic nitrogens is 1. The van der Waals surface area contributed by atoms with Crippen molar-refractivity contribution in [1.29, 1.82) is 0 Å². The predicted molar refractivity (Wildman–Crippen MR) is 82.3 cm³/mol. The van der Waals surface area contributed by atoms with Crippen molar-refractivity contribution in [3.8, 4) is 0 Å². The highest BCUT2D eigenvalue weighted by molar-refractivity contribution is 5.91. The predicted octanol–water partition coefficient (Wildman–Crippen LogP) is 2.88. The number of nitrogens with two attached hydrogens (primary N) is 1. The Morgan fingerprint density at radius 2 is 2.00 bits per heavy atom. The summed E-state index contributed by atoms with van der Waals surface area (Å²) >= 11 is 0. The van der Waals surface area contributed by atoms with E-state index in [1.807, 2.05) is 42.5 Å². The van der Waals surface area contributed by atoms with Crippen molar-refractivity contribution >= 4 is 22.9 Å². The second kappa shape index (κ2) is 5.25. The van der Waals surface area contributed by atoms with E-state index in [-0.39, 0.29) is 5.57 Å². The van der Waals surface area contributed by atoms with E-state index < -0.39 is 5.97 Å². The molecule has 1 aliphatic rings. The molecule has 0 saturated heterocycles. The van der Waals surface area contributed by atoms with Crippen LogP contribution in [0.4, 0.5) is 0 Å². The van der Waals surface area contributed by atoms with Gasteiger partial charge in [0.2, 0.25) is 0 Å². The first-order chi connectivity index (χ1) is 10.1. The molecule has 0 atom stereocenters. The first-order valence-electron chi connectivity index (χ1n) is 6.60. The van der Waals surface area contributed by atoms with Crippen molar-refractivity contribution in [2.45, 2.75) is 6.42 Å². The molecule has 0 aliphatic heterocycles. The largest absolute Gasteiger partial charge is 0.478 e. The Labute approximate surface area is 121 Å². The highest BCUT2D eigenvalue weighted by atomic mass is 16.4. The normalized spacial score (nSPS) is 16.7. The van der Waals surface area contributed by atoms with Crippen molar-refractivity contribution in [1.82, 2.24) is 4.98 Å². The molecule has 0 spiro atoms. The van der Waals surface area contributed by atoms with E-state index in [1.165, 1.54) is 6.08 Å². The van der Waals surface area contributed by atoms with Crippen LogP contribution in [0.25, 0.3) is 17.0 Å². The van der Waals surface area contributed by atoms with E-state index in [0.717, 1.165) is 22.2 Å². The third kappa shape index (κ3) is 2.69. The molecule has 1 aliphatic carbocycles. The van der Waals surface area contributed by atoms with Gasteiger partial charge >= 0.3 is 5.97 Å². The first kappa shape index (κ1) is 13.1. The van der Waals surface area contributed by atoms with Gasteiger partial charge in [-0.3, -0.25) is 0 Å². The van der Waals surface area contributed by atoms with Crippen LogP contribution in [0.3, 0.4) is 0 Å². The van der Waals surface area contributed by atoms with Crippen LogP contribution >= 0.6 is 0 Å². The van der Waals surface area contributed by atoms with Gasteiger partial charge in [-0.25, -0.2) is 9.78 Å². The molecule has 104 valence electrons. The lowest BCUT2D eigenvalue weighted by Crippen LogP contribution is -2.12. The molecule has 21 heavy (non-hydrogen) atoms. The fraction of sp³-hybridized carbons (Fsp3) is 0.0588. The van der Waals surface area contributed by atoms with Crippen LogP contribution in [-0.4, -0.2) is 16.1 Å². The number of rotatable bonds is 2. The molecular weight excluding hydrogens is 264 g/mol. The molecule has 2 aromatic rings. The van der Waals surface area contributed by atoms with E-state index in [4.69, 9.17) is 10.8 Å². The van der Waals surface area contributed by atoms with Gasteiger partial charge in [-0.1, -0.05) is 30.3 Å². The fourth-order valence-corrected chi connectivity index (χ4v) is 2.33. The lowest BCUT2D eigenvalue weighted by molar-refractivity contribution is -0.132. The molecule has 0 amide bonds. The van der Waals surface area contributed by atoms with Crippen LogP contribution in [0, 0.1) is 0 Å². The van der Waals surface area contributed by atoms with Gasteiger partial charge in [0.15, 0.2) is 0 Å². The summed E-state index contributed by atoms with van der Waals surface area (Å²) < 4.78 is 0. The maximum atomic E-state index is 11.0. The number of para-hydroxylation sites is 1. The molecule has 3 rings (SSSR count). The van der Waals surface area contributed by atoms with Gasteiger partial charge in [0.1, 0.15) is 0 Å². The minimum Gasteiger partial charge on any atom is -0.478 e. The molecule has 0 saturated carbocycles. The first-order valence-corrected chi connectivity index (χ1v) is 6.60. The van der Waals surface area contributed by atoms with Crippen molar-refractivity contribution in [3.63, 3.8) is 0 Å². The lowest BCUT2D eigenvalue weighted by Gasteiger charge is -2.11. The summed E-state index contributed by atoms with van der Waals surface area (Å²) in [5.41, 5.74) is 9.05. The minimum absolute atomic E-state index is 0.165. The zero-order valence-electron chi connectivity index (χ0n) is 11.3. The summed E-state index contributed by atoms with van der Waals surface area (Å²) in [6, 6.07) is 11.9. The van der Waals surface area contributed by atoms with Crippen LogP contribution < -0.4 is 5.73 Å². The number of hydrogen-bond acceptors (Lipinski definition) is 3. The standard InChI is InChI=1S/C17H14N2O2/c18-15-10-11(5-8-14(15)17(20)21)9-13-7-6-12-3-1-2-4-16(12)19-13/h1-9H,10,18H2,(H,20,21). The van der Waals surface area contributed by atoms with E-state index in [0.29, 0.717) is 12.1 Å². The molecule has 1 aromatic heterocycles. The summed E-state index contributed by atoms with van der Waals surface area (Å²) in [6.07, 6.45) is 5.66. The molecule has 4 nitrogen and oxygen atoms in total. The number of aliphatic carboxylic acids is 1. The summed E-state index contributed by atoms with van der Waals surface area (Å²) in [7, 11) is 0. The van der Waals surface area contributed by atoms with Crippen LogP contribution in [0.5, 0.6) is 0 Å². The number of carboxylic acid groups (broad SMARTS) is 1. The summed E-state index contributed by atoms with van der Waals surface area (Å²) in [5.74, 6) is -0.994. The Morgan fingerprint density at radius 1 is 1.19 bits per heavy atom. The maximum Gasteiger partial charge on any atom is 0.337 e. The maximum absolute atomic E-state index is 11.0. The van der Waals surface area contributed by atoms with E-state index in [9.17, 15) is 4.79 Å². The molecule has 0 radical (unpaired) electrons. The van der Waals surface area contributed by atoms with Gasteiger partial charge in [0.05, 0.1) is 16.8 Å². The molecule has 0 unspecified atom stereocenters. The fourth-order valence-electron chi connectivity index (χ4n) is 2.33. The number of allylic oxidation sites excluding steroid dienone is 2. The van der Waals surface area contributed by atoms with Crippen molar-refractivity contribution < 1.29 is 9.90 Å². The summed E-state index contributed by atoms with van der Waals surface area (Å²) in [4.78, 5) is 15.5. The number of benzene rings is 1. The molecule has 3 N–H and O–H groups in total. The monoisotopic (exact) mass is 278 g/mol. The number of carboxylic acids is 1. The zero-order chi connectivity index (χ0) is 14.8. The number of nitrogens with zero attached hydrogens (tertiary/aromatic N) is 1. The molecule has 1 aromatic carbocycles. The lowest BCUT2D eigenvalue weighted by atomic mass is 9.98. The molecular formula is C17H14N2O2. The van der Waals surface area contributed by atoms with Crippen LogP contribution in [0.1, 0.15) is 12.1 Å². The Balaban J connectivity index is 1.92. The summed E-state index contributed by atoms with van der Waals surface area (Å²) in [6.45, 7) is 0. The Kier molecular flexibility index (Phi) is 3.28. The van der Waals surface area contributed by atoms with E-state index >= 15 is 0 Å². The van der Waals surface area contributed by atoms with Crippen molar-refractivity contribution in [2.75, 3.05) is 0 Å². The van der Waals surface area contributed by atoms with Gasteiger partial charge in [-0.15, -0.1) is 0 Å². The van der Waals surface area contributed by atoms with Gasteiger partial charge in [-0.2, -0.15) is 0 Å². The van der Waals surface area contributed by atoms with Crippen LogP contribution in [0.2, 0.25) is 0 Å². The number of carbonyl (C=O) groups is 1. The highest BCUT2D eigenvalue weighted by Gasteiger charge is 2.14. The van der Waals surface area contributed by atoms with Crippen molar-refractivity contribution in [2.24, 2.45) is 5.73 Å². The highest BCUT2D eigenvalue weighted by Crippen LogP contribution is 2.22. The topological polar surface area (TPSA) is 76.2 Å². The molecule has 1 heterocycles. The molecule has 4 heteroatoms. The number of hydrogen-bond donors (Lipinski definition) is 2. The third-order valence-electron chi connectivity index (χ3n) is 3.39. The number of pyridine rings is 1. The Hall–Kier alpha value is -2.88. The second-order valence-corrected chi connectivity index (χ2v) is 4.90. The van der Waals surface area contributed by atoms with Crippen LogP contribution in [0.15, 0.2) is 65.4 Å². The Morgan fingerprint density at radius 3 is 2.76 bits per heavy atom.